The van der Waals surface area contributed by atoms with Crippen LogP contribution in [0.3, 0.4) is 0 Å². The number of fused-ring (bicyclic) bond motifs is 2. The Labute approximate surface area is 262 Å². The molecule has 45 heavy (non-hydrogen) atoms. The van der Waals surface area contributed by atoms with Gasteiger partial charge in [0.25, 0.3) is 0 Å². The maximum absolute atomic E-state index is 15.8. The van der Waals surface area contributed by atoms with Crippen LogP contribution in [0.15, 0.2) is 42.5 Å². The molecule has 0 aromatic heterocycles. The first-order valence-corrected chi connectivity index (χ1v) is 16.3. The van der Waals surface area contributed by atoms with Gasteiger partial charge in [0.15, 0.2) is 0 Å². The first-order valence-electron chi connectivity index (χ1n) is 16.3. The lowest BCUT2D eigenvalue weighted by atomic mass is 9.69. The van der Waals surface area contributed by atoms with Crippen LogP contribution >= 0.6 is 0 Å². The fourth-order valence-electron chi connectivity index (χ4n) is 8.38. The molecule has 5 atom stereocenters. The minimum Gasteiger partial charge on any atom is -0.542 e. The molecule has 10 heteroatoms. The van der Waals surface area contributed by atoms with Crippen molar-refractivity contribution in [3.8, 4) is 0 Å². The van der Waals surface area contributed by atoms with Gasteiger partial charge >= 0.3 is 6.18 Å². The lowest BCUT2D eigenvalue weighted by Crippen LogP contribution is -2.82. The normalized spacial score (nSPS) is 29.0. The van der Waals surface area contributed by atoms with Crippen LogP contribution in [-0.4, -0.2) is 61.3 Å². The zero-order valence-electron chi connectivity index (χ0n) is 26.1. The Morgan fingerprint density at radius 1 is 1.07 bits per heavy atom. The fourth-order valence-corrected chi connectivity index (χ4v) is 8.38. The largest absolute Gasteiger partial charge is 0.542 e. The Morgan fingerprint density at radius 2 is 1.76 bits per heavy atom. The second-order valence-corrected chi connectivity index (χ2v) is 13.5. The molecule has 0 bridgehead atoms. The van der Waals surface area contributed by atoms with E-state index < -0.39 is 17.6 Å². The number of carboxylic acids is 1. The van der Waals surface area contributed by atoms with Crippen molar-refractivity contribution in [1.82, 2.24) is 4.90 Å². The first-order chi connectivity index (χ1) is 21.4. The number of likely N-dealkylation sites (tertiary alicyclic amines) is 1. The van der Waals surface area contributed by atoms with Gasteiger partial charge in [-0.05, 0) is 80.5 Å². The van der Waals surface area contributed by atoms with E-state index in [-0.39, 0.29) is 29.8 Å². The molecule has 1 unspecified atom stereocenters. The van der Waals surface area contributed by atoms with Gasteiger partial charge in [0.05, 0.1) is 31.2 Å². The first kappa shape index (κ1) is 33.4. The molecule has 4 aliphatic rings. The number of ether oxygens (including phenoxy) is 1. The van der Waals surface area contributed by atoms with E-state index in [1.54, 1.807) is 6.07 Å². The smallest absolute Gasteiger partial charge is 0.430 e. The fraction of sp³-hybridized carbons (Fsp3) is 0.600. The van der Waals surface area contributed by atoms with E-state index in [0.29, 0.717) is 38.0 Å². The standard InChI is InChI=1S/C33H43FN2O2.C2HF3O2/c1-22-15-27-17-23(2)38-21-33(31(27)29(34)16-22)20-35-19-28(33)32(37)36-14-13-26(24-9-5-3-6-10-24)18-30(36)25-11-7-4-8-12-25;3-2(4,5)1(6)7/h3,5-6,9-10,15-16,23,25-26,28,30,35H,4,7-8,11-14,17-21H2,1-2H3;(H,6,7)/t23?,26-,28+,30+,33+;/m1./s1. The molecule has 1 amide bonds. The number of rotatable bonds is 3. The highest BCUT2D eigenvalue weighted by molar-refractivity contribution is 5.82. The number of carbonyl (C=O) groups is 2. The highest BCUT2D eigenvalue weighted by Gasteiger charge is 2.57. The predicted molar refractivity (Wildman–Crippen MR) is 159 cm³/mol. The van der Waals surface area contributed by atoms with E-state index in [0.717, 1.165) is 36.1 Å². The number of quaternary nitrogens is 1. The van der Waals surface area contributed by atoms with Crippen molar-refractivity contribution in [3.05, 3.63) is 70.5 Å². The van der Waals surface area contributed by atoms with Gasteiger partial charge in [-0.3, -0.25) is 4.79 Å². The van der Waals surface area contributed by atoms with Crippen molar-refractivity contribution in [1.29, 1.82) is 0 Å². The Kier molecular flexibility index (Phi) is 10.2. The number of nitrogens with zero attached hydrogens (tertiary/aromatic N) is 1. The van der Waals surface area contributed by atoms with Crippen molar-refractivity contribution in [2.75, 3.05) is 26.2 Å². The van der Waals surface area contributed by atoms with Crippen LogP contribution in [0.25, 0.3) is 0 Å². The minimum atomic E-state index is -5.19. The molecule has 3 fully saturated rings. The average molecular weight is 633 g/mol. The molecule has 6 rings (SSSR count). The maximum atomic E-state index is 15.8. The van der Waals surface area contributed by atoms with Gasteiger partial charge in [0.1, 0.15) is 17.7 Å². The summed E-state index contributed by atoms with van der Waals surface area (Å²) < 4.78 is 53.7. The van der Waals surface area contributed by atoms with Gasteiger partial charge < -0.3 is 24.9 Å². The summed E-state index contributed by atoms with van der Waals surface area (Å²) in [5, 5.41) is 11.0. The number of hydrogen-bond acceptors (Lipinski definition) is 4. The van der Waals surface area contributed by atoms with Gasteiger partial charge in [0.2, 0.25) is 5.91 Å². The van der Waals surface area contributed by atoms with Crippen LogP contribution in [0, 0.1) is 24.6 Å². The quantitative estimate of drug-likeness (QED) is 0.515. The Morgan fingerprint density at radius 3 is 2.42 bits per heavy atom. The summed E-state index contributed by atoms with van der Waals surface area (Å²) in [7, 11) is 0. The van der Waals surface area contributed by atoms with Crippen molar-refractivity contribution >= 4 is 11.9 Å². The zero-order chi connectivity index (χ0) is 32.4. The molecule has 1 spiro atoms. The summed E-state index contributed by atoms with van der Waals surface area (Å²) in [4.78, 5) is 25.7. The third-order valence-corrected chi connectivity index (χ3v) is 10.4. The highest BCUT2D eigenvalue weighted by atomic mass is 19.4. The van der Waals surface area contributed by atoms with Gasteiger partial charge in [-0.15, -0.1) is 0 Å². The number of carbonyl (C=O) groups excluding carboxylic acids is 2. The van der Waals surface area contributed by atoms with Crippen LogP contribution < -0.4 is 10.4 Å². The maximum Gasteiger partial charge on any atom is 0.430 e. The zero-order valence-corrected chi connectivity index (χ0v) is 26.1. The number of alkyl halides is 3. The van der Waals surface area contributed by atoms with Gasteiger partial charge in [-0.25, -0.2) is 4.39 Å². The molecule has 3 aliphatic heterocycles. The topological polar surface area (TPSA) is 86.3 Å². The molecule has 2 N–H and O–H groups in total. The number of amides is 1. The molecule has 6 nitrogen and oxygen atoms in total. The summed E-state index contributed by atoms with van der Waals surface area (Å²) in [5.41, 5.74) is 3.53. The summed E-state index contributed by atoms with van der Waals surface area (Å²) in [6.07, 6.45) is 3.84. The third-order valence-electron chi connectivity index (χ3n) is 10.4. The second kappa shape index (κ2) is 13.8. The van der Waals surface area contributed by atoms with Gasteiger partial charge in [-0.2, -0.15) is 13.2 Å². The minimum absolute atomic E-state index is 0.0160. The molecule has 1 saturated carbocycles. The summed E-state index contributed by atoms with van der Waals surface area (Å²) in [6.45, 7) is 6.67. The summed E-state index contributed by atoms with van der Waals surface area (Å²) in [5.74, 6) is -2.12. The van der Waals surface area contributed by atoms with E-state index in [9.17, 15) is 18.0 Å². The Balaban J connectivity index is 0.000000515. The van der Waals surface area contributed by atoms with Crippen LogP contribution in [0.5, 0.6) is 0 Å². The number of carboxylic acid groups (broad SMARTS) is 1. The van der Waals surface area contributed by atoms with Gasteiger partial charge in [-0.1, -0.05) is 55.7 Å². The molecular weight excluding hydrogens is 588 g/mol. The lowest BCUT2D eigenvalue weighted by Gasteiger charge is -2.46. The van der Waals surface area contributed by atoms with Crippen LogP contribution in [0.1, 0.15) is 80.0 Å². The Bertz CT molecular complexity index is 1350. The van der Waals surface area contributed by atoms with Crippen molar-refractivity contribution in [3.63, 3.8) is 0 Å². The number of aryl methyl sites for hydroxylation is 1. The van der Waals surface area contributed by atoms with E-state index in [4.69, 9.17) is 14.6 Å². The SMILES string of the molecule is Cc1cc(F)c2c(c1)CC(C)OC[C@]21C[NH2+]C[C@H]1C(=O)N1CC[C@@H](c2ccccc2)C[C@H]1C1CCCCC1.O=C([O-])C(F)(F)F. The number of benzene rings is 2. The Hall–Kier alpha value is -2.98. The van der Waals surface area contributed by atoms with E-state index in [2.05, 4.69) is 53.5 Å². The number of halogens is 4. The molecule has 2 saturated heterocycles. The van der Waals surface area contributed by atoms with Crippen molar-refractivity contribution < 1.29 is 42.3 Å². The van der Waals surface area contributed by atoms with E-state index in [1.165, 1.54) is 37.7 Å². The van der Waals surface area contributed by atoms with Crippen molar-refractivity contribution in [2.45, 2.75) is 94.9 Å². The number of aliphatic carboxylic acids is 1. The number of hydrogen-bond donors (Lipinski definition) is 1. The van der Waals surface area contributed by atoms with E-state index in [1.807, 2.05) is 6.92 Å². The molecule has 1 aliphatic carbocycles. The summed E-state index contributed by atoms with van der Waals surface area (Å²) >= 11 is 0. The van der Waals surface area contributed by atoms with Crippen LogP contribution in [-0.2, 0) is 26.2 Å². The average Bonchev–Trinajstić information content (AvgIpc) is 3.37. The predicted octanol–water partition coefficient (Wildman–Crippen LogP) is 4.18. The summed E-state index contributed by atoms with van der Waals surface area (Å²) in [6, 6.07) is 14.9. The van der Waals surface area contributed by atoms with Crippen molar-refractivity contribution in [2.24, 2.45) is 11.8 Å². The highest BCUT2D eigenvalue weighted by Crippen LogP contribution is 2.45. The molecular formula is C35H44F4N2O4. The third kappa shape index (κ3) is 7.22. The number of piperidine rings is 1. The van der Waals surface area contributed by atoms with Gasteiger partial charge in [0, 0.05) is 18.2 Å². The molecule has 2 aromatic rings. The molecule has 3 heterocycles. The van der Waals surface area contributed by atoms with E-state index >= 15 is 4.39 Å². The lowest BCUT2D eigenvalue weighted by molar-refractivity contribution is -0.640. The number of nitrogens with two attached hydrogens (primary N) is 1. The molecule has 246 valence electrons. The molecule has 2 aromatic carbocycles. The van der Waals surface area contributed by atoms with Crippen LogP contribution in [0.4, 0.5) is 17.6 Å². The second-order valence-electron chi connectivity index (χ2n) is 13.5. The monoisotopic (exact) mass is 632 g/mol. The molecule has 0 radical (unpaired) electrons. The van der Waals surface area contributed by atoms with Crippen LogP contribution in [0.2, 0.25) is 0 Å².